The van der Waals surface area contributed by atoms with Crippen LogP contribution in [0.2, 0.25) is 0 Å². The second-order valence-corrected chi connectivity index (χ2v) is 7.20. The van der Waals surface area contributed by atoms with Crippen LogP contribution in [0.1, 0.15) is 32.8 Å². The first-order valence-electron chi connectivity index (χ1n) is 9.29. The predicted molar refractivity (Wildman–Crippen MR) is 102 cm³/mol. The summed E-state index contributed by atoms with van der Waals surface area (Å²) in [6, 6.07) is 10.8. The molecule has 1 saturated heterocycles. The molecular weight excluding hydrogens is 356 g/mol. The number of para-hydroxylation sites is 1. The number of aromatic amines is 1. The molecule has 5 rings (SSSR count). The third kappa shape index (κ3) is 2.51. The summed E-state index contributed by atoms with van der Waals surface area (Å²) in [7, 11) is 0. The average molecular weight is 374 g/mol. The highest BCUT2D eigenvalue weighted by Crippen LogP contribution is 2.27. The Balaban J connectivity index is 1.30. The van der Waals surface area contributed by atoms with E-state index in [-0.39, 0.29) is 29.5 Å². The van der Waals surface area contributed by atoms with E-state index >= 15 is 0 Å². The molecule has 0 aliphatic carbocycles. The molecule has 1 N–H and O–H groups in total. The number of H-pyrrole nitrogens is 1. The van der Waals surface area contributed by atoms with Gasteiger partial charge in [0, 0.05) is 36.4 Å². The van der Waals surface area contributed by atoms with E-state index in [4.69, 9.17) is 0 Å². The lowest BCUT2D eigenvalue weighted by atomic mass is 10.1. The van der Waals surface area contributed by atoms with Crippen molar-refractivity contribution in [3.63, 3.8) is 0 Å². The van der Waals surface area contributed by atoms with E-state index in [1.165, 1.54) is 11.1 Å². The van der Waals surface area contributed by atoms with Crippen molar-refractivity contribution in [2.45, 2.75) is 18.9 Å². The largest absolute Gasteiger partial charge is 0.361 e. The highest BCUT2D eigenvalue weighted by Gasteiger charge is 2.43. The summed E-state index contributed by atoms with van der Waals surface area (Å²) in [6.07, 6.45) is 4.26. The van der Waals surface area contributed by atoms with Crippen LogP contribution in [0, 0.1) is 0 Å². The monoisotopic (exact) mass is 374 g/mol. The van der Waals surface area contributed by atoms with Crippen LogP contribution in [0.3, 0.4) is 0 Å². The van der Waals surface area contributed by atoms with Crippen LogP contribution in [0.4, 0.5) is 0 Å². The molecule has 4 heterocycles. The van der Waals surface area contributed by atoms with Crippen LogP contribution in [0.15, 0.2) is 48.8 Å². The number of likely N-dealkylation sites (tertiary alicyclic amines) is 1. The molecule has 28 heavy (non-hydrogen) atoms. The van der Waals surface area contributed by atoms with Gasteiger partial charge in [-0.25, -0.2) is 0 Å². The third-order valence-electron chi connectivity index (χ3n) is 5.58. The van der Waals surface area contributed by atoms with Gasteiger partial charge in [-0.1, -0.05) is 18.2 Å². The maximum absolute atomic E-state index is 12.8. The summed E-state index contributed by atoms with van der Waals surface area (Å²) in [6.45, 7) is 0.902. The Morgan fingerprint density at radius 2 is 2.00 bits per heavy atom. The molecule has 0 spiro atoms. The van der Waals surface area contributed by atoms with Gasteiger partial charge in [0.1, 0.15) is 5.69 Å². The fourth-order valence-corrected chi connectivity index (χ4v) is 4.15. The molecule has 2 aliphatic heterocycles. The predicted octanol–water partition coefficient (Wildman–Crippen LogP) is 2.00. The van der Waals surface area contributed by atoms with Gasteiger partial charge in [-0.2, -0.15) is 0 Å². The van der Waals surface area contributed by atoms with Gasteiger partial charge in [-0.15, -0.1) is 0 Å². The first-order valence-corrected chi connectivity index (χ1v) is 9.29. The quantitative estimate of drug-likeness (QED) is 0.711. The zero-order valence-electron chi connectivity index (χ0n) is 15.1. The van der Waals surface area contributed by atoms with Crippen LogP contribution in [-0.4, -0.2) is 56.6 Å². The van der Waals surface area contributed by atoms with Crippen molar-refractivity contribution in [2.24, 2.45) is 0 Å². The smallest absolute Gasteiger partial charge is 0.280 e. The van der Waals surface area contributed by atoms with Crippen LogP contribution >= 0.6 is 0 Å². The van der Waals surface area contributed by atoms with Gasteiger partial charge in [-0.05, 0) is 30.2 Å². The Labute approximate surface area is 161 Å². The molecule has 2 aromatic heterocycles. The molecule has 3 aromatic rings. The van der Waals surface area contributed by atoms with E-state index in [1.54, 1.807) is 17.0 Å². The van der Waals surface area contributed by atoms with E-state index in [1.807, 2.05) is 30.5 Å². The SMILES string of the molecule is O=C(Cc1c[nH]c2ccccc12)N1CCC(N2C(=O)c3cccnc3C2=O)C1. The van der Waals surface area contributed by atoms with E-state index in [9.17, 15) is 14.4 Å². The summed E-state index contributed by atoms with van der Waals surface area (Å²) in [5.74, 6) is -0.678. The molecule has 7 nitrogen and oxygen atoms in total. The summed E-state index contributed by atoms with van der Waals surface area (Å²) in [5.41, 5.74) is 2.50. The number of pyridine rings is 1. The normalized spacial score (nSPS) is 18.9. The van der Waals surface area contributed by atoms with E-state index in [0.717, 1.165) is 16.5 Å². The number of nitrogens with one attached hydrogen (secondary N) is 1. The number of nitrogens with zero attached hydrogens (tertiary/aromatic N) is 3. The number of rotatable bonds is 3. The molecule has 1 atom stereocenters. The standard InChI is InChI=1S/C21H18N4O3/c26-18(10-13-11-23-17-6-2-1-4-15(13)17)24-9-7-14(12-24)25-20(27)16-5-3-8-22-19(16)21(25)28/h1-6,8,11,14,23H,7,9-10,12H2. The minimum atomic E-state index is -0.364. The van der Waals surface area contributed by atoms with Gasteiger partial charge in [0.05, 0.1) is 18.0 Å². The van der Waals surface area contributed by atoms with Gasteiger partial charge in [0.2, 0.25) is 5.91 Å². The number of aromatic nitrogens is 2. The zero-order valence-corrected chi connectivity index (χ0v) is 15.1. The van der Waals surface area contributed by atoms with Gasteiger partial charge < -0.3 is 9.88 Å². The molecular formula is C21H18N4O3. The van der Waals surface area contributed by atoms with Gasteiger partial charge in [0.15, 0.2) is 0 Å². The van der Waals surface area contributed by atoms with E-state index in [0.29, 0.717) is 31.5 Å². The molecule has 7 heteroatoms. The zero-order chi connectivity index (χ0) is 19.3. The van der Waals surface area contributed by atoms with Crippen molar-refractivity contribution in [1.82, 2.24) is 19.8 Å². The fraction of sp³-hybridized carbons (Fsp3) is 0.238. The van der Waals surface area contributed by atoms with Gasteiger partial charge >= 0.3 is 0 Å². The lowest BCUT2D eigenvalue weighted by Crippen LogP contribution is -2.42. The van der Waals surface area contributed by atoms with Crippen molar-refractivity contribution in [2.75, 3.05) is 13.1 Å². The summed E-state index contributed by atoms with van der Waals surface area (Å²) in [5, 5.41) is 1.04. The fourth-order valence-electron chi connectivity index (χ4n) is 4.15. The van der Waals surface area contributed by atoms with Crippen LogP contribution < -0.4 is 0 Å². The van der Waals surface area contributed by atoms with Crippen molar-refractivity contribution >= 4 is 28.6 Å². The number of carbonyl (C=O) groups is 3. The maximum atomic E-state index is 12.8. The highest BCUT2D eigenvalue weighted by atomic mass is 16.2. The van der Waals surface area contributed by atoms with Crippen molar-refractivity contribution in [3.05, 3.63) is 65.6 Å². The van der Waals surface area contributed by atoms with Gasteiger partial charge in [-0.3, -0.25) is 24.3 Å². The number of hydrogen-bond acceptors (Lipinski definition) is 4. The minimum absolute atomic E-state index is 0.00184. The molecule has 2 aliphatic rings. The van der Waals surface area contributed by atoms with Crippen LogP contribution in [0.5, 0.6) is 0 Å². The molecule has 0 saturated carbocycles. The molecule has 0 radical (unpaired) electrons. The Hall–Kier alpha value is -3.48. The average Bonchev–Trinajstić information content (AvgIpc) is 3.41. The first kappa shape index (κ1) is 16.7. The minimum Gasteiger partial charge on any atom is -0.361 e. The Bertz CT molecular complexity index is 1080. The second kappa shape index (κ2) is 6.30. The molecule has 1 fully saturated rings. The Morgan fingerprint density at radius 3 is 2.86 bits per heavy atom. The van der Waals surface area contributed by atoms with Gasteiger partial charge in [0.25, 0.3) is 11.8 Å². The van der Waals surface area contributed by atoms with E-state index < -0.39 is 0 Å². The summed E-state index contributed by atoms with van der Waals surface area (Å²) >= 11 is 0. The lowest BCUT2D eigenvalue weighted by Gasteiger charge is -2.22. The highest BCUT2D eigenvalue weighted by molar-refractivity contribution is 6.20. The van der Waals surface area contributed by atoms with Crippen molar-refractivity contribution < 1.29 is 14.4 Å². The third-order valence-corrected chi connectivity index (χ3v) is 5.58. The van der Waals surface area contributed by atoms with Crippen molar-refractivity contribution in [1.29, 1.82) is 0 Å². The number of imide groups is 1. The molecule has 0 bridgehead atoms. The topological polar surface area (TPSA) is 86.4 Å². The number of carbonyl (C=O) groups excluding carboxylic acids is 3. The number of fused-ring (bicyclic) bond motifs is 2. The molecule has 3 amide bonds. The van der Waals surface area contributed by atoms with E-state index in [2.05, 4.69) is 9.97 Å². The first-order chi connectivity index (χ1) is 13.6. The molecule has 1 unspecified atom stereocenters. The number of benzene rings is 1. The van der Waals surface area contributed by atoms with Crippen LogP contribution in [-0.2, 0) is 11.2 Å². The maximum Gasteiger partial charge on any atom is 0.280 e. The number of amides is 3. The summed E-state index contributed by atoms with van der Waals surface area (Å²) in [4.78, 5) is 48.3. The van der Waals surface area contributed by atoms with Crippen molar-refractivity contribution in [3.8, 4) is 0 Å². The second-order valence-electron chi connectivity index (χ2n) is 7.20. The molecule has 140 valence electrons. The number of hydrogen-bond donors (Lipinski definition) is 1. The lowest BCUT2D eigenvalue weighted by molar-refractivity contribution is -0.129. The Morgan fingerprint density at radius 1 is 1.14 bits per heavy atom. The molecule has 1 aromatic carbocycles. The van der Waals surface area contributed by atoms with Crippen LogP contribution in [0.25, 0.3) is 10.9 Å². The Kier molecular flexibility index (Phi) is 3.75. The summed E-state index contributed by atoms with van der Waals surface area (Å²) < 4.78 is 0.